The second-order valence-electron chi connectivity index (χ2n) is 7.37. The van der Waals surface area contributed by atoms with E-state index < -0.39 is 0 Å². The molecule has 1 fully saturated rings. The van der Waals surface area contributed by atoms with Crippen molar-refractivity contribution >= 4 is 0 Å². The summed E-state index contributed by atoms with van der Waals surface area (Å²) in [5.74, 6) is 2.26. The largest absolute Gasteiger partial charge is 0.496 e. The molecular formula is C23H32N2O4. The van der Waals surface area contributed by atoms with E-state index in [4.69, 9.17) is 14.2 Å². The van der Waals surface area contributed by atoms with Crippen LogP contribution in [0.3, 0.4) is 0 Å². The average molecular weight is 401 g/mol. The fourth-order valence-electron chi connectivity index (χ4n) is 4.01. The highest BCUT2D eigenvalue weighted by molar-refractivity contribution is 5.50. The SMILES string of the molecule is COc1cc(OC)c(CN2CCN(Cc3ccccc3)[C@H](CCO)C2)c(OC)c1. The topological polar surface area (TPSA) is 54.4 Å². The van der Waals surface area contributed by atoms with Crippen LogP contribution in [0.25, 0.3) is 0 Å². The first-order valence-electron chi connectivity index (χ1n) is 10.1. The van der Waals surface area contributed by atoms with Crippen molar-refractivity contribution in [2.24, 2.45) is 0 Å². The van der Waals surface area contributed by atoms with Gasteiger partial charge in [-0.15, -0.1) is 0 Å². The van der Waals surface area contributed by atoms with Crippen molar-refractivity contribution in [3.63, 3.8) is 0 Å². The summed E-state index contributed by atoms with van der Waals surface area (Å²) in [7, 11) is 4.98. The molecule has 0 spiro atoms. The van der Waals surface area contributed by atoms with Crippen LogP contribution in [0.15, 0.2) is 42.5 Å². The lowest BCUT2D eigenvalue weighted by Crippen LogP contribution is -2.52. The van der Waals surface area contributed by atoms with Crippen LogP contribution in [-0.4, -0.2) is 68.5 Å². The molecule has 0 bridgehead atoms. The normalized spacial score (nSPS) is 17.9. The molecule has 6 heteroatoms. The summed E-state index contributed by atoms with van der Waals surface area (Å²) in [6.45, 7) is 4.64. The van der Waals surface area contributed by atoms with Crippen LogP contribution in [0.1, 0.15) is 17.5 Å². The molecule has 6 nitrogen and oxygen atoms in total. The standard InChI is InChI=1S/C23H32N2O4/c1-27-20-13-22(28-2)21(23(14-20)29-3)17-24-10-11-25(19(16-24)9-12-26)15-18-7-5-4-6-8-18/h4-8,13-14,19,26H,9-12,15-17H2,1-3H3/t19-/m1/s1. The van der Waals surface area contributed by atoms with Crippen LogP contribution in [0.4, 0.5) is 0 Å². The molecule has 0 aromatic heterocycles. The number of rotatable bonds is 9. The molecular weight excluding hydrogens is 368 g/mol. The molecule has 29 heavy (non-hydrogen) atoms. The van der Waals surface area contributed by atoms with Crippen molar-refractivity contribution in [3.8, 4) is 17.2 Å². The third-order valence-corrected chi connectivity index (χ3v) is 5.58. The Labute approximate surface area is 173 Å². The Balaban J connectivity index is 1.73. The second-order valence-corrected chi connectivity index (χ2v) is 7.37. The molecule has 0 saturated carbocycles. The summed E-state index contributed by atoms with van der Waals surface area (Å²) >= 11 is 0. The Hall–Kier alpha value is -2.28. The summed E-state index contributed by atoms with van der Waals surface area (Å²) in [6, 6.07) is 14.6. The Kier molecular flexibility index (Phi) is 7.75. The lowest BCUT2D eigenvalue weighted by molar-refractivity contribution is 0.0492. The summed E-state index contributed by atoms with van der Waals surface area (Å²) in [5, 5.41) is 9.60. The smallest absolute Gasteiger partial charge is 0.130 e. The van der Waals surface area contributed by atoms with Gasteiger partial charge in [-0.25, -0.2) is 0 Å². The van der Waals surface area contributed by atoms with Crippen molar-refractivity contribution in [2.45, 2.75) is 25.6 Å². The summed E-state index contributed by atoms with van der Waals surface area (Å²) in [4.78, 5) is 4.89. The minimum atomic E-state index is 0.193. The highest BCUT2D eigenvalue weighted by Gasteiger charge is 2.28. The number of piperazine rings is 1. The van der Waals surface area contributed by atoms with Gasteiger partial charge in [0.1, 0.15) is 17.2 Å². The first kappa shape index (κ1) is 21.4. The van der Waals surface area contributed by atoms with Crippen molar-refractivity contribution in [2.75, 3.05) is 47.6 Å². The Morgan fingerprint density at radius 1 is 0.931 bits per heavy atom. The van der Waals surface area contributed by atoms with E-state index in [1.807, 2.05) is 18.2 Å². The number of benzene rings is 2. The third kappa shape index (κ3) is 5.41. The molecule has 1 aliphatic rings. The van der Waals surface area contributed by atoms with Gasteiger partial charge in [-0.2, -0.15) is 0 Å². The maximum Gasteiger partial charge on any atom is 0.130 e. The first-order valence-corrected chi connectivity index (χ1v) is 10.1. The van der Waals surface area contributed by atoms with Gasteiger partial charge in [-0.3, -0.25) is 9.80 Å². The molecule has 0 aliphatic carbocycles. The zero-order chi connectivity index (χ0) is 20.6. The number of methoxy groups -OCH3 is 3. The average Bonchev–Trinajstić information content (AvgIpc) is 2.76. The Bertz CT molecular complexity index is 744. The molecule has 0 amide bonds. The van der Waals surface area contributed by atoms with Gasteiger partial charge < -0.3 is 19.3 Å². The molecule has 158 valence electrons. The van der Waals surface area contributed by atoms with Gasteiger partial charge in [0.15, 0.2) is 0 Å². The second kappa shape index (κ2) is 10.5. The molecule has 3 rings (SSSR count). The monoisotopic (exact) mass is 400 g/mol. The quantitative estimate of drug-likeness (QED) is 0.699. The maximum atomic E-state index is 9.60. The van der Waals surface area contributed by atoms with Gasteiger partial charge in [-0.1, -0.05) is 30.3 Å². The zero-order valence-corrected chi connectivity index (χ0v) is 17.6. The predicted octanol–water partition coefficient (Wildman–Crippen LogP) is 2.78. The molecule has 2 aromatic rings. The number of aliphatic hydroxyl groups is 1. The number of ether oxygens (including phenoxy) is 3. The number of hydrogen-bond acceptors (Lipinski definition) is 6. The van der Waals surface area contributed by atoms with E-state index in [1.165, 1.54) is 5.56 Å². The van der Waals surface area contributed by atoms with Gasteiger partial charge in [0.25, 0.3) is 0 Å². The minimum absolute atomic E-state index is 0.193. The van der Waals surface area contributed by atoms with Crippen LogP contribution in [-0.2, 0) is 13.1 Å². The van der Waals surface area contributed by atoms with Crippen LogP contribution >= 0.6 is 0 Å². The van der Waals surface area contributed by atoms with E-state index in [0.29, 0.717) is 11.8 Å². The predicted molar refractivity (Wildman–Crippen MR) is 114 cm³/mol. The lowest BCUT2D eigenvalue weighted by Gasteiger charge is -2.41. The highest BCUT2D eigenvalue weighted by atomic mass is 16.5. The summed E-state index contributed by atoms with van der Waals surface area (Å²) < 4.78 is 16.6. The van der Waals surface area contributed by atoms with Crippen molar-refractivity contribution < 1.29 is 19.3 Å². The van der Waals surface area contributed by atoms with Gasteiger partial charge in [0.2, 0.25) is 0 Å². The molecule has 1 atom stereocenters. The van der Waals surface area contributed by atoms with Crippen LogP contribution in [0.5, 0.6) is 17.2 Å². The van der Waals surface area contributed by atoms with E-state index in [0.717, 1.165) is 56.2 Å². The Morgan fingerprint density at radius 2 is 1.62 bits per heavy atom. The number of nitrogens with zero attached hydrogens (tertiary/aromatic N) is 2. The summed E-state index contributed by atoms with van der Waals surface area (Å²) in [5.41, 5.74) is 2.33. The van der Waals surface area contributed by atoms with E-state index >= 15 is 0 Å². The van der Waals surface area contributed by atoms with Crippen molar-refractivity contribution in [1.29, 1.82) is 0 Å². The molecule has 1 heterocycles. The highest BCUT2D eigenvalue weighted by Crippen LogP contribution is 2.35. The first-order chi connectivity index (χ1) is 14.2. The van der Waals surface area contributed by atoms with E-state index in [-0.39, 0.29) is 6.61 Å². The van der Waals surface area contributed by atoms with Gasteiger partial charge in [0.05, 0.1) is 26.9 Å². The van der Waals surface area contributed by atoms with Crippen LogP contribution < -0.4 is 14.2 Å². The fourth-order valence-corrected chi connectivity index (χ4v) is 4.01. The molecule has 2 aromatic carbocycles. The van der Waals surface area contributed by atoms with Gasteiger partial charge >= 0.3 is 0 Å². The van der Waals surface area contributed by atoms with Gasteiger partial charge in [0, 0.05) is 57.5 Å². The lowest BCUT2D eigenvalue weighted by atomic mass is 10.1. The molecule has 0 radical (unpaired) electrons. The number of hydrogen-bond donors (Lipinski definition) is 1. The molecule has 0 unspecified atom stereocenters. The van der Waals surface area contributed by atoms with E-state index in [2.05, 4.69) is 34.1 Å². The molecule has 1 N–H and O–H groups in total. The molecule has 1 saturated heterocycles. The zero-order valence-electron chi connectivity index (χ0n) is 17.6. The van der Waals surface area contributed by atoms with Crippen LogP contribution in [0.2, 0.25) is 0 Å². The molecule has 1 aliphatic heterocycles. The fraction of sp³-hybridized carbons (Fsp3) is 0.478. The van der Waals surface area contributed by atoms with Crippen molar-refractivity contribution in [1.82, 2.24) is 9.80 Å². The third-order valence-electron chi connectivity index (χ3n) is 5.58. The van der Waals surface area contributed by atoms with Crippen molar-refractivity contribution in [3.05, 3.63) is 53.6 Å². The van der Waals surface area contributed by atoms with Gasteiger partial charge in [-0.05, 0) is 12.0 Å². The minimum Gasteiger partial charge on any atom is -0.496 e. The number of aliphatic hydroxyl groups excluding tert-OH is 1. The summed E-state index contributed by atoms with van der Waals surface area (Å²) in [6.07, 6.45) is 0.764. The van der Waals surface area contributed by atoms with E-state index in [9.17, 15) is 5.11 Å². The van der Waals surface area contributed by atoms with Crippen LogP contribution in [0, 0.1) is 0 Å². The Morgan fingerprint density at radius 3 is 2.21 bits per heavy atom. The maximum absolute atomic E-state index is 9.60. The van der Waals surface area contributed by atoms with E-state index in [1.54, 1.807) is 21.3 Å².